The fourth-order valence-corrected chi connectivity index (χ4v) is 3.22. The number of aliphatic carboxylic acids is 1. The van der Waals surface area contributed by atoms with Gasteiger partial charge in [-0.25, -0.2) is 4.79 Å². The molecule has 6 nitrogen and oxygen atoms in total. The highest BCUT2D eigenvalue weighted by molar-refractivity contribution is 5.77. The molecule has 1 N–H and O–H groups in total. The summed E-state index contributed by atoms with van der Waals surface area (Å²) in [5, 5.41) is 9.13. The van der Waals surface area contributed by atoms with Crippen LogP contribution in [0.25, 0.3) is 0 Å². The van der Waals surface area contributed by atoms with Crippen molar-refractivity contribution in [2.75, 3.05) is 40.3 Å². The molecule has 6 heteroatoms. The number of likely N-dealkylation sites (tertiary alicyclic amines) is 2. The highest BCUT2D eigenvalue weighted by atomic mass is 16.4. The Kier molecular flexibility index (Phi) is 4.52. The molecule has 2 saturated heterocycles. The molecule has 2 fully saturated rings. The lowest BCUT2D eigenvalue weighted by Gasteiger charge is -2.37. The van der Waals surface area contributed by atoms with E-state index < -0.39 is 11.9 Å². The molecule has 0 radical (unpaired) electrons. The third-order valence-electron chi connectivity index (χ3n) is 4.67. The van der Waals surface area contributed by atoms with Gasteiger partial charge < -0.3 is 19.8 Å². The fraction of sp³-hybridized carbons (Fsp3) is 0.857. The van der Waals surface area contributed by atoms with Gasteiger partial charge in [-0.15, -0.1) is 0 Å². The highest BCUT2D eigenvalue weighted by Crippen LogP contribution is 2.25. The number of carbonyl (C=O) groups excluding carboxylic acids is 1. The second-order valence-electron chi connectivity index (χ2n) is 6.29. The smallest absolute Gasteiger partial charge is 0.320 e. The minimum Gasteiger partial charge on any atom is -0.481 e. The van der Waals surface area contributed by atoms with E-state index in [1.165, 1.54) is 0 Å². The monoisotopic (exact) mass is 283 g/mol. The standard InChI is InChI=1S/C14H25N3O3/c1-10-8-17(9-12(10)13(18)19)14(20)16-6-4-11(5-7-16)15(2)3/h10-12H,4-9H2,1-3H3,(H,18,19). The molecule has 2 aliphatic heterocycles. The third kappa shape index (κ3) is 3.06. The molecule has 2 amide bonds. The summed E-state index contributed by atoms with van der Waals surface area (Å²) in [6.45, 7) is 4.35. The molecule has 2 atom stereocenters. The van der Waals surface area contributed by atoms with Crippen LogP contribution in [0.1, 0.15) is 19.8 Å². The molecule has 0 aromatic rings. The van der Waals surface area contributed by atoms with Crippen molar-refractivity contribution in [3.63, 3.8) is 0 Å². The normalized spacial score (nSPS) is 28.2. The number of piperidine rings is 1. The Morgan fingerprint density at radius 2 is 1.70 bits per heavy atom. The highest BCUT2D eigenvalue weighted by Gasteiger charge is 2.39. The van der Waals surface area contributed by atoms with E-state index in [0.29, 0.717) is 19.1 Å². The van der Waals surface area contributed by atoms with Gasteiger partial charge in [0, 0.05) is 32.2 Å². The van der Waals surface area contributed by atoms with Crippen LogP contribution in [0, 0.1) is 11.8 Å². The molecular weight excluding hydrogens is 258 g/mol. The van der Waals surface area contributed by atoms with E-state index in [1.807, 2.05) is 11.8 Å². The maximum absolute atomic E-state index is 12.4. The summed E-state index contributed by atoms with van der Waals surface area (Å²) < 4.78 is 0. The average Bonchev–Trinajstić information content (AvgIpc) is 2.80. The quantitative estimate of drug-likeness (QED) is 0.813. The number of urea groups is 1. The summed E-state index contributed by atoms with van der Waals surface area (Å²) in [4.78, 5) is 29.3. The maximum atomic E-state index is 12.4. The Morgan fingerprint density at radius 3 is 2.15 bits per heavy atom. The number of carbonyl (C=O) groups is 2. The zero-order chi connectivity index (χ0) is 14.9. The Hall–Kier alpha value is -1.30. The number of amides is 2. The van der Waals surface area contributed by atoms with E-state index in [9.17, 15) is 9.59 Å². The number of carboxylic acids is 1. The SMILES string of the molecule is CC1CN(C(=O)N2CCC(N(C)C)CC2)CC1C(=O)O. The van der Waals surface area contributed by atoms with Crippen LogP contribution in [0.4, 0.5) is 4.79 Å². The van der Waals surface area contributed by atoms with Crippen molar-refractivity contribution in [3.8, 4) is 0 Å². The number of rotatable bonds is 2. The predicted molar refractivity (Wildman–Crippen MR) is 75.5 cm³/mol. The first-order valence-corrected chi connectivity index (χ1v) is 7.33. The fourth-order valence-electron chi connectivity index (χ4n) is 3.22. The number of carboxylic acid groups (broad SMARTS) is 1. The van der Waals surface area contributed by atoms with E-state index in [4.69, 9.17) is 5.11 Å². The van der Waals surface area contributed by atoms with Gasteiger partial charge in [0.25, 0.3) is 0 Å². The number of nitrogens with zero attached hydrogens (tertiary/aromatic N) is 3. The molecule has 2 aliphatic rings. The summed E-state index contributed by atoms with van der Waals surface area (Å²) in [5.74, 6) is -1.17. The van der Waals surface area contributed by atoms with E-state index in [0.717, 1.165) is 25.9 Å². The van der Waals surface area contributed by atoms with E-state index in [2.05, 4.69) is 19.0 Å². The zero-order valence-corrected chi connectivity index (χ0v) is 12.6. The molecule has 0 aliphatic carbocycles. The summed E-state index contributed by atoms with van der Waals surface area (Å²) in [7, 11) is 4.14. The van der Waals surface area contributed by atoms with Crippen molar-refractivity contribution in [1.29, 1.82) is 0 Å². The van der Waals surface area contributed by atoms with Crippen molar-refractivity contribution in [2.45, 2.75) is 25.8 Å². The molecule has 114 valence electrons. The largest absolute Gasteiger partial charge is 0.481 e. The van der Waals surface area contributed by atoms with Gasteiger partial charge in [0.15, 0.2) is 0 Å². The molecule has 0 saturated carbocycles. The molecule has 0 bridgehead atoms. The molecular formula is C14H25N3O3. The van der Waals surface area contributed by atoms with Crippen LogP contribution in [-0.4, -0.2) is 78.1 Å². The lowest BCUT2D eigenvalue weighted by Crippen LogP contribution is -2.49. The van der Waals surface area contributed by atoms with Crippen molar-refractivity contribution >= 4 is 12.0 Å². The molecule has 2 unspecified atom stereocenters. The molecule has 0 aromatic carbocycles. The summed E-state index contributed by atoms with van der Waals surface area (Å²) >= 11 is 0. The van der Waals surface area contributed by atoms with Gasteiger partial charge >= 0.3 is 12.0 Å². The van der Waals surface area contributed by atoms with Gasteiger partial charge in [0.05, 0.1) is 5.92 Å². The Balaban J connectivity index is 1.89. The Bertz CT molecular complexity index is 378. The van der Waals surface area contributed by atoms with Gasteiger partial charge in [-0.2, -0.15) is 0 Å². The molecule has 0 aromatic heterocycles. The van der Waals surface area contributed by atoms with Crippen LogP contribution in [-0.2, 0) is 4.79 Å². The number of hydrogen-bond donors (Lipinski definition) is 1. The first-order chi connectivity index (χ1) is 9.40. The molecule has 20 heavy (non-hydrogen) atoms. The van der Waals surface area contributed by atoms with Gasteiger partial charge in [-0.05, 0) is 32.9 Å². The summed E-state index contributed by atoms with van der Waals surface area (Å²) in [5.41, 5.74) is 0. The predicted octanol–water partition coefficient (Wildman–Crippen LogP) is 0.785. The van der Waals surface area contributed by atoms with Crippen molar-refractivity contribution in [3.05, 3.63) is 0 Å². The second kappa shape index (κ2) is 5.99. The lowest BCUT2D eigenvalue weighted by molar-refractivity contribution is -0.142. The topological polar surface area (TPSA) is 64.1 Å². The molecule has 0 spiro atoms. The van der Waals surface area contributed by atoms with E-state index >= 15 is 0 Å². The summed E-state index contributed by atoms with van der Waals surface area (Å²) in [6.07, 6.45) is 1.98. The van der Waals surface area contributed by atoms with Crippen LogP contribution < -0.4 is 0 Å². The van der Waals surface area contributed by atoms with Gasteiger partial charge in [-0.3, -0.25) is 4.79 Å². The van der Waals surface area contributed by atoms with Crippen LogP contribution >= 0.6 is 0 Å². The van der Waals surface area contributed by atoms with Crippen molar-refractivity contribution in [1.82, 2.24) is 14.7 Å². The average molecular weight is 283 g/mol. The van der Waals surface area contributed by atoms with Gasteiger partial charge in [0.1, 0.15) is 0 Å². The van der Waals surface area contributed by atoms with Gasteiger partial charge in [0.2, 0.25) is 0 Å². The minimum atomic E-state index is -0.792. The van der Waals surface area contributed by atoms with Gasteiger partial charge in [-0.1, -0.05) is 6.92 Å². The van der Waals surface area contributed by atoms with Crippen molar-refractivity contribution < 1.29 is 14.7 Å². The minimum absolute atomic E-state index is 0.0119. The third-order valence-corrected chi connectivity index (χ3v) is 4.67. The van der Waals surface area contributed by atoms with E-state index in [1.54, 1.807) is 4.90 Å². The van der Waals surface area contributed by atoms with E-state index in [-0.39, 0.29) is 11.9 Å². The lowest BCUT2D eigenvalue weighted by atomic mass is 9.99. The van der Waals surface area contributed by atoms with Crippen LogP contribution in [0.2, 0.25) is 0 Å². The summed E-state index contributed by atoms with van der Waals surface area (Å²) in [6, 6.07) is 0.557. The second-order valence-corrected chi connectivity index (χ2v) is 6.29. The van der Waals surface area contributed by atoms with Crippen molar-refractivity contribution in [2.24, 2.45) is 11.8 Å². The molecule has 2 heterocycles. The Labute approximate surface area is 120 Å². The number of hydrogen-bond acceptors (Lipinski definition) is 3. The first kappa shape index (κ1) is 15.1. The van der Waals surface area contributed by atoms with Crippen LogP contribution in [0.15, 0.2) is 0 Å². The van der Waals surface area contributed by atoms with Crippen LogP contribution in [0.3, 0.4) is 0 Å². The van der Waals surface area contributed by atoms with Crippen LogP contribution in [0.5, 0.6) is 0 Å². The zero-order valence-electron chi connectivity index (χ0n) is 12.6. The molecule has 2 rings (SSSR count). The first-order valence-electron chi connectivity index (χ1n) is 7.33. The maximum Gasteiger partial charge on any atom is 0.320 e. The Morgan fingerprint density at radius 1 is 1.10 bits per heavy atom.